The van der Waals surface area contributed by atoms with Crippen molar-refractivity contribution in [3.05, 3.63) is 264 Å². The van der Waals surface area contributed by atoms with E-state index < -0.39 is 5.41 Å². The SMILES string of the molecule is CCC(C)c1ccc(Oc2ccc(C3(c4ccccc4)c4cc(N(c5ccccc5)c5ccccc5)ccc4-c4ccc(N(c5ccccc5)c5ccccc5)cc43)cc2)cc1. The summed E-state index contributed by atoms with van der Waals surface area (Å²) in [6, 6.07) is 85.1. The van der Waals surface area contributed by atoms with E-state index in [1.807, 2.05) is 0 Å². The maximum atomic E-state index is 6.53. The van der Waals surface area contributed by atoms with Crippen LogP contribution in [0.3, 0.4) is 0 Å². The third-order valence-electron chi connectivity index (χ3n) is 12.5. The van der Waals surface area contributed by atoms with E-state index in [9.17, 15) is 0 Å². The fourth-order valence-corrected chi connectivity index (χ4v) is 9.27. The predicted octanol–water partition coefficient (Wildman–Crippen LogP) is 16.3. The van der Waals surface area contributed by atoms with Crippen LogP contribution in [0, 0.1) is 0 Å². The van der Waals surface area contributed by atoms with E-state index in [0.717, 1.165) is 57.6 Å². The first-order valence-electron chi connectivity index (χ1n) is 21.7. The van der Waals surface area contributed by atoms with Crippen molar-refractivity contribution in [1.82, 2.24) is 0 Å². The molecule has 10 rings (SSSR count). The Kier molecular flexibility index (Phi) is 10.4. The van der Waals surface area contributed by atoms with Gasteiger partial charge < -0.3 is 14.5 Å². The van der Waals surface area contributed by atoms with Gasteiger partial charge in [-0.05, 0) is 148 Å². The standard InChI is InChI=1S/C59H48N2O/c1-3-43(2)44-29-35-53(36-30-44)62-54-37-31-46(32-38-54)59(45-19-9-4-10-20-45)57-41-51(60(47-21-11-5-12-22-47)48-23-13-6-14-24-48)33-39-55(57)56-40-34-52(42-58(56)59)61(49-25-15-7-16-26-49)50-27-17-8-18-28-50/h4-43H,3H2,1-2H3. The fraction of sp³-hybridized carbons (Fsp3) is 0.0847. The second-order valence-electron chi connectivity index (χ2n) is 16.1. The Hall–Kier alpha value is -7.62. The van der Waals surface area contributed by atoms with Gasteiger partial charge in [0.05, 0.1) is 5.41 Å². The van der Waals surface area contributed by atoms with Gasteiger partial charge in [0.15, 0.2) is 0 Å². The van der Waals surface area contributed by atoms with Gasteiger partial charge >= 0.3 is 0 Å². The van der Waals surface area contributed by atoms with E-state index in [1.54, 1.807) is 0 Å². The van der Waals surface area contributed by atoms with Crippen LogP contribution in [0.25, 0.3) is 11.1 Å². The number of ether oxygens (including phenoxy) is 1. The second-order valence-corrected chi connectivity index (χ2v) is 16.1. The first kappa shape index (κ1) is 38.6. The molecule has 0 aromatic heterocycles. The van der Waals surface area contributed by atoms with Crippen LogP contribution in [0.5, 0.6) is 11.5 Å². The third-order valence-corrected chi connectivity index (χ3v) is 12.5. The maximum Gasteiger partial charge on any atom is 0.127 e. The fourth-order valence-electron chi connectivity index (χ4n) is 9.27. The van der Waals surface area contributed by atoms with E-state index >= 15 is 0 Å². The van der Waals surface area contributed by atoms with Gasteiger partial charge in [0, 0.05) is 34.1 Å². The van der Waals surface area contributed by atoms with Crippen LogP contribution < -0.4 is 14.5 Å². The average Bonchev–Trinajstić information content (AvgIpc) is 3.63. The molecule has 62 heavy (non-hydrogen) atoms. The van der Waals surface area contributed by atoms with Crippen LogP contribution >= 0.6 is 0 Å². The molecule has 0 heterocycles. The number of hydrogen-bond acceptors (Lipinski definition) is 3. The summed E-state index contributed by atoms with van der Waals surface area (Å²) in [5.41, 5.74) is 14.5. The van der Waals surface area contributed by atoms with E-state index in [4.69, 9.17) is 4.74 Å². The maximum absolute atomic E-state index is 6.53. The molecule has 0 N–H and O–H groups in total. The van der Waals surface area contributed by atoms with Crippen LogP contribution in [-0.2, 0) is 5.41 Å². The van der Waals surface area contributed by atoms with Gasteiger partial charge in [0.2, 0.25) is 0 Å². The highest BCUT2D eigenvalue weighted by molar-refractivity contribution is 5.92. The van der Waals surface area contributed by atoms with Crippen molar-refractivity contribution in [2.45, 2.75) is 31.6 Å². The molecule has 0 bridgehead atoms. The highest BCUT2D eigenvalue weighted by Crippen LogP contribution is 2.58. The normalized spacial score (nSPS) is 12.8. The lowest BCUT2D eigenvalue weighted by molar-refractivity contribution is 0.481. The number of anilines is 6. The van der Waals surface area contributed by atoms with Crippen LogP contribution in [0.1, 0.15) is 54.0 Å². The second kappa shape index (κ2) is 16.8. The lowest BCUT2D eigenvalue weighted by Crippen LogP contribution is -2.29. The molecule has 1 aliphatic carbocycles. The van der Waals surface area contributed by atoms with Crippen molar-refractivity contribution in [1.29, 1.82) is 0 Å². The molecule has 0 aliphatic heterocycles. The Morgan fingerprint density at radius 3 is 1.13 bits per heavy atom. The molecule has 1 unspecified atom stereocenters. The Labute approximate surface area is 365 Å². The summed E-state index contributed by atoms with van der Waals surface area (Å²) in [5, 5.41) is 0. The van der Waals surface area contributed by atoms with Crippen LogP contribution in [0.15, 0.2) is 237 Å². The molecule has 9 aromatic carbocycles. The summed E-state index contributed by atoms with van der Waals surface area (Å²) in [6.45, 7) is 4.50. The molecular weight excluding hydrogens is 753 g/mol. The molecule has 0 spiro atoms. The van der Waals surface area contributed by atoms with Gasteiger partial charge in [-0.2, -0.15) is 0 Å². The minimum absolute atomic E-state index is 0.510. The van der Waals surface area contributed by atoms with Gasteiger partial charge in [0.1, 0.15) is 11.5 Å². The number of fused-ring (bicyclic) bond motifs is 3. The summed E-state index contributed by atoms with van der Waals surface area (Å²) >= 11 is 0. The largest absolute Gasteiger partial charge is 0.457 e. The lowest BCUT2D eigenvalue weighted by atomic mass is 9.67. The molecule has 3 nitrogen and oxygen atoms in total. The summed E-state index contributed by atoms with van der Waals surface area (Å²) < 4.78 is 6.53. The number of hydrogen-bond donors (Lipinski definition) is 0. The predicted molar refractivity (Wildman–Crippen MR) is 258 cm³/mol. The van der Waals surface area contributed by atoms with Crippen LogP contribution in [-0.4, -0.2) is 0 Å². The van der Waals surface area contributed by atoms with E-state index in [0.29, 0.717) is 5.92 Å². The van der Waals surface area contributed by atoms with Crippen molar-refractivity contribution in [3.8, 4) is 22.6 Å². The molecule has 0 fully saturated rings. The van der Waals surface area contributed by atoms with Crippen LogP contribution in [0.4, 0.5) is 34.1 Å². The topological polar surface area (TPSA) is 15.7 Å². The highest BCUT2D eigenvalue weighted by atomic mass is 16.5. The zero-order valence-corrected chi connectivity index (χ0v) is 35.1. The third kappa shape index (κ3) is 7.02. The number of rotatable bonds is 12. The van der Waals surface area contributed by atoms with Gasteiger partial charge in [-0.25, -0.2) is 0 Å². The zero-order chi connectivity index (χ0) is 41.9. The van der Waals surface area contributed by atoms with E-state index in [-0.39, 0.29) is 0 Å². The Balaban J connectivity index is 1.20. The van der Waals surface area contributed by atoms with Gasteiger partial charge in [-0.1, -0.05) is 153 Å². The van der Waals surface area contributed by atoms with Crippen molar-refractivity contribution < 1.29 is 4.74 Å². The lowest BCUT2D eigenvalue weighted by Gasteiger charge is -2.35. The first-order chi connectivity index (χ1) is 30.6. The quantitative estimate of drug-likeness (QED) is 0.122. The average molecular weight is 801 g/mol. The van der Waals surface area contributed by atoms with Crippen molar-refractivity contribution in [2.75, 3.05) is 9.80 Å². The molecule has 0 saturated carbocycles. The summed E-state index contributed by atoms with van der Waals surface area (Å²) in [4.78, 5) is 4.72. The number of benzene rings is 9. The van der Waals surface area contributed by atoms with Crippen molar-refractivity contribution in [3.63, 3.8) is 0 Å². The molecular formula is C59H48N2O. The molecule has 1 aliphatic rings. The van der Waals surface area contributed by atoms with Gasteiger partial charge in [-0.15, -0.1) is 0 Å². The van der Waals surface area contributed by atoms with Crippen molar-refractivity contribution >= 4 is 34.1 Å². The molecule has 0 amide bonds. The smallest absolute Gasteiger partial charge is 0.127 e. The summed E-state index contributed by atoms with van der Waals surface area (Å²) in [6.07, 6.45) is 1.10. The van der Waals surface area contributed by atoms with Crippen LogP contribution in [0.2, 0.25) is 0 Å². The molecule has 9 aromatic rings. The highest BCUT2D eigenvalue weighted by Gasteiger charge is 2.47. The Morgan fingerprint density at radius 1 is 0.387 bits per heavy atom. The molecule has 1 atom stereocenters. The van der Waals surface area contributed by atoms with Gasteiger partial charge in [0.25, 0.3) is 0 Å². The molecule has 0 saturated heterocycles. The molecule has 0 radical (unpaired) electrons. The van der Waals surface area contributed by atoms with E-state index in [2.05, 4.69) is 260 Å². The van der Waals surface area contributed by atoms with Crippen molar-refractivity contribution in [2.24, 2.45) is 0 Å². The summed E-state index contributed by atoms with van der Waals surface area (Å²) in [7, 11) is 0. The Bertz CT molecular complexity index is 2690. The minimum Gasteiger partial charge on any atom is -0.457 e. The number of nitrogens with zero attached hydrogens (tertiary/aromatic N) is 2. The Morgan fingerprint density at radius 2 is 0.742 bits per heavy atom. The number of para-hydroxylation sites is 4. The minimum atomic E-state index is -0.688. The summed E-state index contributed by atoms with van der Waals surface area (Å²) in [5.74, 6) is 2.14. The van der Waals surface area contributed by atoms with Gasteiger partial charge in [-0.3, -0.25) is 0 Å². The molecule has 300 valence electrons. The molecule has 3 heteroatoms. The zero-order valence-electron chi connectivity index (χ0n) is 35.1. The first-order valence-corrected chi connectivity index (χ1v) is 21.7. The van der Waals surface area contributed by atoms with E-state index in [1.165, 1.54) is 33.4 Å². The monoisotopic (exact) mass is 800 g/mol.